The van der Waals surface area contributed by atoms with Gasteiger partial charge in [0.2, 0.25) is 0 Å². The minimum Gasteiger partial charge on any atom is -0.313 e. The molecule has 0 amide bonds. The van der Waals surface area contributed by atoms with E-state index in [2.05, 4.69) is 36.3 Å². The lowest BCUT2D eigenvalue weighted by molar-refractivity contribution is 0.443. The Morgan fingerprint density at radius 1 is 1.25 bits per heavy atom. The highest BCUT2D eigenvalue weighted by molar-refractivity contribution is 5.15. The Balaban J connectivity index is 2.80. The minimum absolute atomic E-state index is 0.438. The van der Waals surface area contributed by atoms with Crippen LogP contribution in [0.5, 0.6) is 0 Å². The molecule has 1 aromatic heterocycles. The second-order valence-corrected chi connectivity index (χ2v) is 3.29. The summed E-state index contributed by atoms with van der Waals surface area (Å²) in [7, 11) is 1.99. The number of hydrogen-bond donors (Lipinski definition) is 1. The zero-order chi connectivity index (χ0) is 8.97. The fraction of sp³-hybridized carbons (Fsp3) is 0.500. The molecule has 1 aromatic rings. The molecule has 0 saturated heterocycles. The zero-order valence-electron chi connectivity index (χ0n) is 7.91. The number of rotatable bonds is 3. The van der Waals surface area contributed by atoms with Crippen LogP contribution in [0.25, 0.3) is 0 Å². The Morgan fingerprint density at radius 3 is 2.25 bits per heavy atom. The summed E-state index contributed by atoms with van der Waals surface area (Å²) in [6, 6.07) is 4.55. The van der Waals surface area contributed by atoms with Gasteiger partial charge in [0.15, 0.2) is 0 Å². The van der Waals surface area contributed by atoms with Crippen molar-refractivity contribution < 1.29 is 0 Å². The third-order valence-electron chi connectivity index (χ3n) is 2.04. The maximum atomic E-state index is 3.99. The van der Waals surface area contributed by atoms with Gasteiger partial charge in [0.1, 0.15) is 0 Å². The van der Waals surface area contributed by atoms with E-state index in [1.807, 2.05) is 19.4 Å². The Hall–Kier alpha value is -0.890. The van der Waals surface area contributed by atoms with Crippen LogP contribution < -0.4 is 5.32 Å². The largest absolute Gasteiger partial charge is 0.313 e. The summed E-state index contributed by atoms with van der Waals surface area (Å²) in [6.45, 7) is 4.42. The normalized spacial score (nSPS) is 13.3. The molecule has 0 aromatic carbocycles. The third kappa shape index (κ3) is 2.05. The summed E-state index contributed by atoms with van der Waals surface area (Å²) in [5.74, 6) is 0.609. The quantitative estimate of drug-likeness (QED) is 0.739. The van der Waals surface area contributed by atoms with E-state index in [0.29, 0.717) is 12.0 Å². The highest BCUT2D eigenvalue weighted by atomic mass is 14.9. The van der Waals surface area contributed by atoms with Crippen LogP contribution in [0.3, 0.4) is 0 Å². The van der Waals surface area contributed by atoms with E-state index in [9.17, 15) is 0 Å². The van der Waals surface area contributed by atoms with Crippen molar-refractivity contribution in [2.75, 3.05) is 7.05 Å². The summed E-state index contributed by atoms with van der Waals surface area (Å²) < 4.78 is 0. The molecule has 0 bridgehead atoms. The van der Waals surface area contributed by atoms with E-state index in [-0.39, 0.29) is 0 Å². The van der Waals surface area contributed by atoms with Gasteiger partial charge in [-0.1, -0.05) is 13.8 Å². The summed E-state index contributed by atoms with van der Waals surface area (Å²) in [4.78, 5) is 3.99. The van der Waals surface area contributed by atoms with E-state index in [4.69, 9.17) is 0 Å². The lowest BCUT2D eigenvalue weighted by Crippen LogP contribution is -2.21. The Morgan fingerprint density at radius 2 is 1.83 bits per heavy atom. The van der Waals surface area contributed by atoms with Gasteiger partial charge in [0.05, 0.1) is 0 Å². The fourth-order valence-electron chi connectivity index (χ4n) is 1.46. The van der Waals surface area contributed by atoms with Gasteiger partial charge in [-0.3, -0.25) is 4.98 Å². The van der Waals surface area contributed by atoms with E-state index in [1.54, 1.807) is 0 Å². The first-order valence-electron chi connectivity index (χ1n) is 4.33. The monoisotopic (exact) mass is 164 g/mol. The van der Waals surface area contributed by atoms with Crippen LogP contribution in [0.15, 0.2) is 24.5 Å². The van der Waals surface area contributed by atoms with E-state index < -0.39 is 0 Å². The molecule has 0 spiro atoms. The molecule has 0 aliphatic heterocycles. The molecule has 0 fully saturated rings. The number of hydrogen-bond acceptors (Lipinski definition) is 2. The first-order chi connectivity index (χ1) is 5.75. The first kappa shape index (κ1) is 9.20. The molecular formula is C10H16N2. The summed E-state index contributed by atoms with van der Waals surface area (Å²) in [5, 5.41) is 3.29. The average molecular weight is 164 g/mol. The average Bonchev–Trinajstić information content (AvgIpc) is 2.07. The number of aromatic nitrogens is 1. The lowest BCUT2D eigenvalue weighted by Gasteiger charge is -2.20. The molecule has 0 radical (unpaired) electrons. The number of nitrogens with one attached hydrogen (secondary N) is 1. The fourth-order valence-corrected chi connectivity index (χ4v) is 1.46. The van der Waals surface area contributed by atoms with Crippen molar-refractivity contribution in [1.29, 1.82) is 0 Å². The van der Waals surface area contributed by atoms with Crippen LogP contribution in [-0.2, 0) is 0 Å². The van der Waals surface area contributed by atoms with E-state index in [0.717, 1.165) is 0 Å². The molecule has 66 valence electrons. The topological polar surface area (TPSA) is 24.9 Å². The van der Waals surface area contributed by atoms with Gasteiger partial charge in [0.25, 0.3) is 0 Å². The molecule has 1 N–H and O–H groups in total. The SMILES string of the molecule is CNC(c1ccncc1)C(C)C. The van der Waals surface area contributed by atoms with Crippen LogP contribution >= 0.6 is 0 Å². The number of nitrogens with zero attached hydrogens (tertiary/aromatic N) is 1. The molecular weight excluding hydrogens is 148 g/mol. The molecule has 1 rings (SSSR count). The highest BCUT2D eigenvalue weighted by Gasteiger charge is 2.11. The van der Waals surface area contributed by atoms with Gasteiger partial charge in [0, 0.05) is 18.4 Å². The van der Waals surface area contributed by atoms with Gasteiger partial charge < -0.3 is 5.32 Å². The Bertz CT molecular complexity index is 219. The summed E-state index contributed by atoms with van der Waals surface area (Å²) in [6.07, 6.45) is 3.67. The predicted molar refractivity (Wildman–Crippen MR) is 50.9 cm³/mol. The van der Waals surface area contributed by atoms with Gasteiger partial charge in [-0.25, -0.2) is 0 Å². The summed E-state index contributed by atoms with van der Waals surface area (Å²) in [5.41, 5.74) is 1.31. The van der Waals surface area contributed by atoms with Gasteiger partial charge in [-0.05, 0) is 30.7 Å². The molecule has 0 aliphatic rings. The van der Waals surface area contributed by atoms with Crippen LogP contribution in [0, 0.1) is 5.92 Å². The zero-order valence-corrected chi connectivity index (χ0v) is 7.91. The van der Waals surface area contributed by atoms with Crippen molar-refractivity contribution in [2.45, 2.75) is 19.9 Å². The molecule has 2 nitrogen and oxygen atoms in total. The highest BCUT2D eigenvalue weighted by Crippen LogP contribution is 2.19. The van der Waals surface area contributed by atoms with E-state index in [1.165, 1.54) is 5.56 Å². The minimum atomic E-state index is 0.438. The standard InChI is InChI=1S/C10H16N2/c1-8(2)10(11-3)9-4-6-12-7-5-9/h4-8,10-11H,1-3H3. The maximum Gasteiger partial charge on any atom is 0.0341 e. The Kier molecular flexibility index (Phi) is 3.23. The molecule has 0 saturated carbocycles. The summed E-state index contributed by atoms with van der Waals surface area (Å²) >= 11 is 0. The van der Waals surface area contributed by atoms with Crippen LogP contribution in [0.1, 0.15) is 25.5 Å². The van der Waals surface area contributed by atoms with Crippen LogP contribution in [0.2, 0.25) is 0 Å². The molecule has 2 heteroatoms. The van der Waals surface area contributed by atoms with Crippen molar-refractivity contribution in [3.8, 4) is 0 Å². The van der Waals surface area contributed by atoms with Crippen molar-refractivity contribution in [1.82, 2.24) is 10.3 Å². The molecule has 1 unspecified atom stereocenters. The van der Waals surface area contributed by atoms with Crippen LogP contribution in [0.4, 0.5) is 0 Å². The lowest BCUT2D eigenvalue weighted by atomic mass is 9.97. The molecule has 12 heavy (non-hydrogen) atoms. The van der Waals surface area contributed by atoms with Crippen molar-refractivity contribution in [3.05, 3.63) is 30.1 Å². The third-order valence-corrected chi connectivity index (χ3v) is 2.04. The van der Waals surface area contributed by atoms with Gasteiger partial charge in [-0.15, -0.1) is 0 Å². The molecule has 1 heterocycles. The number of pyridine rings is 1. The molecule has 1 atom stereocenters. The van der Waals surface area contributed by atoms with Crippen molar-refractivity contribution >= 4 is 0 Å². The molecule has 0 aliphatic carbocycles. The second kappa shape index (κ2) is 4.21. The van der Waals surface area contributed by atoms with Crippen molar-refractivity contribution in [2.24, 2.45) is 5.92 Å². The van der Waals surface area contributed by atoms with Crippen LogP contribution in [-0.4, -0.2) is 12.0 Å². The van der Waals surface area contributed by atoms with Crippen molar-refractivity contribution in [3.63, 3.8) is 0 Å². The smallest absolute Gasteiger partial charge is 0.0341 e. The second-order valence-electron chi connectivity index (χ2n) is 3.29. The Labute approximate surface area is 74.0 Å². The van der Waals surface area contributed by atoms with E-state index >= 15 is 0 Å². The van der Waals surface area contributed by atoms with Gasteiger partial charge in [-0.2, -0.15) is 0 Å². The predicted octanol–water partition coefficient (Wildman–Crippen LogP) is 2.00. The maximum absolute atomic E-state index is 3.99. The van der Waals surface area contributed by atoms with Gasteiger partial charge >= 0.3 is 0 Å². The first-order valence-corrected chi connectivity index (χ1v) is 4.33.